The Bertz CT molecular complexity index is 549. The SMILES string of the molecule is CCC(C)(C)c1ccc(OC(CN)c2ccncc2)cc1. The van der Waals surface area contributed by atoms with Crippen LogP contribution in [0.3, 0.4) is 0 Å². The summed E-state index contributed by atoms with van der Waals surface area (Å²) in [5.74, 6) is 0.845. The minimum absolute atomic E-state index is 0.141. The highest BCUT2D eigenvalue weighted by Crippen LogP contribution is 2.29. The molecule has 21 heavy (non-hydrogen) atoms. The van der Waals surface area contributed by atoms with Crippen molar-refractivity contribution in [3.63, 3.8) is 0 Å². The van der Waals surface area contributed by atoms with Gasteiger partial charge in [0.1, 0.15) is 11.9 Å². The molecule has 112 valence electrons. The van der Waals surface area contributed by atoms with Crippen LogP contribution >= 0.6 is 0 Å². The molecule has 3 nitrogen and oxygen atoms in total. The zero-order chi connectivity index (χ0) is 15.3. The van der Waals surface area contributed by atoms with Crippen molar-refractivity contribution in [2.75, 3.05) is 6.54 Å². The third-order valence-electron chi connectivity index (χ3n) is 4.09. The molecule has 0 aliphatic heterocycles. The molecule has 1 unspecified atom stereocenters. The van der Waals surface area contributed by atoms with E-state index >= 15 is 0 Å². The molecule has 1 atom stereocenters. The lowest BCUT2D eigenvalue weighted by molar-refractivity contribution is 0.214. The van der Waals surface area contributed by atoms with E-state index in [9.17, 15) is 0 Å². The Hall–Kier alpha value is -1.87. The Balaban J connectivity index is 2.12. The largest absolute Gasteiger partial charge is 0.484 e. The molecule has 0 fully saturated rings. The fourth-order valence-electron chi connectivity index (χ4n) is 2.18. The van der Waals surface area contributed by atoms with Gasteiger partial charge in [0.2, 0.25) is 0 Å². The second-order valence-corrected chi connectivity index (χ2v) is 5.88. The molecule has 0 aliphatic rings. The van der Waals surface area contributed by atoms with Crippen molar-refractivity contribution in [3.05, 3.63) is 59.9 Å². The number of nitrogens with two attached hydrogens (primary N) is 1. The summed E-state index contributed by atoms with van der Waals surface area (Å²) in [6.45, 7) is 7.15. The van der Waals surface area contributed by atoms with Gasteiger partial charge in [-0.15, -0.1) is 0 Å². The fourth-order valence-corrected chi connectivity index (χ4v) is 2.18. The first-order chi connectivity index (χ1) is 10.1. The maximum absolute atomic E-state index is 6.00. The van der Waals surface area contributed by atoms with Crippen LogP contribution in [0.1, 0.15) is 44.4 Å². The molecule has 0 aliphatic carbocycles. The monoisotopic (exact) mass is 284 g/mol. The van der Waals surface area contributed by atoms with Gasteiger partial charge in [0.25, 0.3) is 0 Å². The standard InChI is InChI=1S/C18H24N2O/c1-4-18(2,3)15-5-7-16(8-6-15)21-17(13-19)14-9-11-20-12-10-14/h5-12,17H,4,13,19H2,1-3H3. The average Bonchev–Trinajstić information content (AvgIpc) is 2.54. The Morgan fingerprint density at radius 1 is 1.10 bits per heavy atom. The summed E-state index contributed by atoms with van der Waals surface area (Å²) in [4.78, 5) is 4.02. The van der Waals surface area contributed by atoms with E-state index in [0.29, 0.717) is 6.54 Å². The van der Waals surface area contributed by atoms with Crippen LogP contribution in [0.15, 0.2) is 48.8 Å². The molecule has 0 radical (unpaired) electrons. The highest BCUT2D eigenvalue weighted by Gasteiger charge is 2.18. The van der Waals surface area contributed by atoms with Gasteiger partial charge in [0.05, 0.1) is 0 Å². The zero-order valence-corrected chi connectivity index (χ0v) is 13.0. The number of ether oxygens (including phenoxy) is 1. The van der Waals surface area contributed by atoms with E-state index in [1.54, 1.807) is 12.4 Å². The molecule has 1 heterocycles. The van der Waals surface area contributed by atoms with Crippen molar-refractivity contribution in [3.8, 4) is 5.75 Å². The predicted molar refractivity (Wildman–Crippen MR) is 86.4 cm³/mol. The number of benzene rings is 1. The summed E-state index contributed by atoms with van der Waals surface area (Å²) in [7, 11) is 0. The number of nitrogens with zero attached hydrogens (tertiary/aromatic N) is 1. The van der Waals surface area contributed by atoms with Gasteiger partial charge in [0, 0.05) is 18.9 Å². The number of aromatic nitrogens is 1. The molecule has 3 heteroatoms. The van der Waals surface area contributed by atoms with E-state index in [4.69, 9.17) is 10.5 Å². The van der Waals surface area contributed by atoms with Crippen LogP contribution in [-0.4, -0.2) is 11.5 Å². The van der Waals surface area contributed by atoms with Gasteiger partial charge in [-0.25, -0.2) is 0 Å². The number of hydrogen-bond donors (Lipinski definition) is 1. The zero-order valence-electron chi connectivity index (χ0n) is 13.0. The van der Waals surface area contributed by atoms with Crippen molar-refractivity contribution >= 4 is 0 Å². The van der Waals surface area contributed by atoms with Gasteiger partial charge in [0.15, 0.2) is 0 Å². The molecule has 0 bridgehead atoms. The lowest BCUT2D eigenvalue weighted by Crippen LogP contribution is -2.19. The third-order valence-corrected chi connectivity index (χ3v) is 4.09. The fraction of sp³-hybridized carbons (Fsp3) is 0.389. The minimum atomic E-state index is -0.141. The molecule has 0 spiro atoms. The minimum Gasteiger partial charge on any atom is -0.484 e. The molecule has 1 aromatic carbocycles. The molecule has 1 aromatic heterocycles. The Kier molecular flexibility index (Phi) is 4.97. The van der Waals surface area contributed by atoms with Crippen LogP contribution in [0.25, 0.3) is 0 Å². The van der Waals surface area contributed by atoms with Gasteiger partial charge in [-0.05, 0) is 47.2 Å². The smallest absolute Gasteiger partial charge is 0.136 e. The normalized spacial score (nSPS) is 13.0. The quantitative estimate of drug-likeness (QED) is 0.876. The van der Waals surface area contributed by atoms with E-state index in [2.05, 4.69) is 37.9 Å². The van der Waals surface area contributed by atoms with Crippen molar-refractivity contribution in [1.29, 1.82) is 0 Å². The lowest BCUT2D eigenvalue weighted by atomic mass is 9.82. The maximum Gasteiger partial charge on any atom is 0.136 e. The molecule has 0 saturated heterocycles. The molecular weight excluding hydrogens is 260 g/mol. The van der Waals surface area contributed by atoms with Gasteiger partial charge >= 0.3 is 0 Å². The Morgan fingerprint density at radius 3 is 2.24 bits per heavy atom. The molecule has 2 rings (SSSR count). The molecule has 0 saturated carbocycles. The number of hydrogen-bond acceptors (Lipinski definition) is 3. The van der Waals surface area contributed by atoms with Crippen molar-refractivity contribution in [2.45, 2.75) is 38.7 Å². The summed E-state index contributed by atoms with van der Waals surface area (Å²) in [6.07, 6.45) is 4.48. The highest BCUT2D eigenvalue weighted by atomic mass is 16.5. The summed E-state index contributed by atoms with van der Waals surface area (Å²) >= 11 is 0. The van der Waals surface area contributed by atoms with Crippen molar-refractivity contribution < 1.29 is 4.74 Å². The summed E-state index contributed by atoms with van der Waals surface area (Å²) in [6, 6.07) is 12.2. The Labute approximate surface area is 127 Å². The maximum atomic E-state index is 6.00. The van der Waals surface area contributed by atoms with Crippen LogP contribution in [0.5, 0.6) is 5.75 Å². The van der Waals surface area contributed by atoms with Gasteiger partial charge in [-0.3, -0.25) is 4.98 Å². The first-order valence-corrected chi connectivity index (χ1v) is 7.44. The second kappa shape index (κ2) is 6.72. The molecule has 2 aromatic rings. The van der Waals surface area contributed by atoms with Crippen molar-refractivity contribution in [2.24, 2.45) is 5.73 Å². The number of pyridine rings is 1. The highest BCUT2D eigenvalue weighted by molar-refractivity contribution is 5.32. The summed E-state index contributed by atoms with van der Waals surface area (Å²) < 4.78 is 6.00. The second-order valence-electron chi connectivity index (χ2n) is 5.88. The summed E-state index contributed by atoms with van der Waals surface area (Å²) in [5.41, 5.74) is 8.39. The number of rotatable bonds is 6. The molecular formula is C18H24N2O. The van der Waals surface area contributed by atoms with Crippen LogP contribution in [0.4, 0.5) is 0 Å². The van der Waals surface area contributed by atoms with E-state index in [1.807, 2.05) is 24.3 Å². The topological polar surface area (TPSA) is 48.1 Å². The average molecular weight is 284 g/mol. The van der Waals surface area contributed by atoms with Crippen LogP contribution in [-0.2, 0) is 5.41 Å². The predicted octanol–water partition coefficient (Wildman–Crippen LogP) is 3.85. The molecule has 0 amide bonds. The van der Waals surface area contributed by atoms with Gasteiger partial charge < -0.3 is 10.5 Å². The van der Waals surface area contributed by atoms with Gasteiger partial charge in [-0.1, -0.05) is 32.9 Å². The van der Waals surface area contributed by atoms with Crippen LogP contribution in [0.2, 0.25) is 0 Å². The van der Waals surface area contributed by atoms with Crippen molar-refractivity contribution in [1.82, 2.24) is 4.98 Å². The van der Waals surface area contributed by atoms with E-state index in [0.717, 1.165) is 17.7 Å². The van der Waals surface area contributed by atoms with E-state index < -0.39 is 0 Å². The molecule has 2 N–H and O–H groups in total. The van der Waals surface area contributed by atoms with E-state index in [1.165, 1.54) is 5.56 Å². The Morgan fingerprint density at radius 2 is 1.71 bits per heavy atom. The van der Waals surface area contributed by atoms with Gasteiger partial charge in [-0.2, -0.15) is 0 Å². The van der Waals surface area contributed by atoms with Crippen LogP contribution in [0, 0.1) is 0 Å². The third kappa shape index (κ3) is 3.82. The summed E-state index contributed by atoms with van der Waals surface area (Å²) in [5, 5.41) is 0. The van der Waals surface area contributed by atoms with E-state index in [-0.39, 0.29) is 11.5 Å². The lowest BCUT2D eigenvalue weighted by Gasteiger charge is -2.24. The first-order valence-electron chi connectivity index (χ1n) is 7.44. The van der Waals surface area contributed by atoms with Crippen LogP contribution < -0.4 is 10.5 Å². The first kappa shape index (κ1) is 15.5.